The van der Waals surface area contributed by atoms with E-state index in [-0.39, 0.29) is 12.5 Å². The van der Waals surface area contributed by atoms with E-state index in [0.29, 0.717) is 21.4 Å². The summed E-state index contributed by atoms with van der Waals surface area (Å²) in [6, 6.07) is 9.71. The molecule has 29 heavy (non-hydrogen) atoms. The predicted molar refractivity (Wildman–Crippen MR) is 117 cm³/mol. The van der Waals surface area contributed by atoms with Crippen LogP contribution < -0.4 is 10.2 Å². The average molecular weight is 429 g/mol. The number of hydrogen-bond donors (Lipinski definition) is 1. The summed E-state index contributed by atoms with van der Waals surface area (Å²) in [5.41, 5.74) is 2.66. The van der Waals surface area contributed by atoms with Gasteiger partial charge in [-0.25, -0.2) is 9.78 Å². The Balaban J connectivity index is 1.72. The number of carbonyl (C=O) groups is 2. The third-order valence-electron chi connectivity index (χ3n) is 4.03. The molecule has 1 N–H and O–H groups in total. The molecule has 0 aliphatic heterocycles. The minimum Gasteiger partial charge on any atom is -0.452 e. The van der Waals surface area contributed by atoms with Gasteiger partial charge in [-0.05, 0) is 18.5 Å². The van der Waals surface area contributed by atoms with Gasteiger partial charge in [0.2, 0.25) is 0 Å². The van der Waals surface area contributed by atoms with E-state index in [4.69, 9.17) is 4.74 Å². The summed E-state index contributed by atoms with van der Waals surface area (Å²) in [7, 11) is 1.70. The second-order valence-corrected chi connectivity index (χ2v) is 7.58. The van der Waals surface area contributed by atoms with Crippen LogP contribution in [0.1, 0.15) is 16.1 Å². The molecule has 2 aromatic heterocycles. The van der Waals surface area contributed by atoms with E-state index in [1.54, 1.807) is 20.0 Å². The van der Waals surface area contributed by atoms with Crippen LogP contribution in [0.2, 0.25) is 0 Å². The van der Waals surface area contributed by atoms with E-state index in [0.717, 1.165) is 11.3 Å². The Morgan fingerprint density at radius 2 is 2.07 bits per heavy atom. The fourth-order valence-electron chi connectivity index (χ4n) is 2.60. The van der Waals surface area contributed by atoms with Crippen molar-refractivity contribution in [2.24, 2.45) is 0 Å². The normalized spacial score (nSPS) is 10.4. The van der Waals surface area contributed by atoms with Gasteiger partial charge in [-0.2, -0.15) is 4.37 Å². The summed E-state index contributed by atoms with van der Waals surface area (Å²) < 4.78 is 9.39. The number of carbonyl (C=O) groups excluding carboxylic acids is 2. The average Bonchev–Trinajstić information content (AvgIpc) is 3.37. The van der Waals surface area contributed by atoms with Crippen molar-refractivity contribution in [1.29, 1.82) is 0 Å². The molecule has 0 radical (unpaired) electrons. The van der Waals surface area contributed by atoms with Crippen molar-refractivity contribution in [3.05, 3.63) is 59.6 Å². The highest BCUT2D eigenvalue weighted by Gasteiger charge is 2.23. The molecule has 3 aromatic rings. The molecule has 0 aliphatic rings. The Labute approximate surface area is 176 Å². The van der Waals surface area contributed by atoms with Crippen LogP contribution in [0.4, 0.5) is 10.1 Å². The van der Waals surface area contributed by atoms with Gasteiger partial charge in [0, 0.05) is 24.5 Å². The quantitative estimate of drug-likeness (QED) is 0.431. The van der Waals surface area contributed by atoms with Crippen molar-refractivity contribution in [2.45, 2.75) is 6.92 Å². The molecule has 0 saturated heterocycles. The molecule has 3 rings (SSSR count). The maximum atomic E-state index is 12.7. The standard InChI is InChI=1S/C20H20N4O3S2/c1-4-10-24(20-22-15(12-28-20)14-8-6-5-7-9-14)16(25)11-27-19(26)17-13(2)23-29-18(17)21-3/h4-9,12,21H,1,10-11H2,2-3H3. The number of aryl methyl sites for hydroxylation is 1. The SMILES string of the molecule is C=CCN(C(=O)COC(=O)c1c(C)nsc1NC)c1nc(-c2ccccc2)cs1. The molecule has 1 amide bonds. The maximum absolute atomic E-state index is 12.7. The number of anilines is 2. The lowest BCUT2D eigenvalue weighted by molar-refractivity contribution is -0.121. The third kappa shape index (κ3) is 4.69. The van der Waals surface area contributed by atoms with Crippen molar-refractivity contribution in [3.8, 4) is 11.3 Å². The summed E-state index contributed by atoms with van der Waals surface area (Å²) in [5, 5.41) is 5.93. The van der Waals surface area contributed by atoms with Gasteiger partial charge in [-0.1, -0.05) is 36.4 Å². The molecule has 0 fully saturated rings. The molecular formula is C20H20N4O3S2. The summed E-state index contributed by atoms with van der Waals surface area (Å²) in [4.78, 5) is 31.2. The Kier molecular flexibility index (Phi) is 6.73. The number of nitrogens with one attached hydrogen (secondary N) is 1. The number of hydrogen-bond acceptors (Lipinski definition) is 8. The van der Waals surface area contributed by atoms with Gasteiger partial charge in [-0.15, -0.1) is 17.9 Å². The lowest BCUT2D eigenvalue weighted by Crippen LogP contribution is -2.35. The summed E-state index contributed by atoms with van der Waals surface area (Å²) in [5.74, 6) is -0.962. The van der Waals surface area contributed by atoms with E-state index in [9.17, 15) is 9.59 Å². The van der Waals surface area contributed by atoms with Gasteiger partial charge >= 0.3 is 5.97 Å². The number of esters is 1. The Bertz CT molecular complexity index is 1010. The van der Waals surface area contributed by atoms with Crippen molar-refractivity contribution in [3.63, 3.8) is 0 Å². The van der Waals surface area contributed by atoms with E-state index >= 15 is 0 Å². The first-order valence-corrected chi connectivity index (χ1v) is 10.4. The van der Waals surface area contributed by atoms with Crippen molar-refractivity contribution in [1.82, 2.24) is 9.36 Å². The zero-order valence-corrected chi connectivity index (χ0v) is 17.7. The third-order valence-corrected chi connectivity index (χ3v) is 5.85. The molecule has 0 saturated carbocycles. The molecule has 0 atom stereocenters. The molecule has 9 heteroatoms. The van der Waals surface area contributed by atoms with Crippen molar-refractivity contribution in [2.75, 3.05) is 30.4 Å². The fraction of sp³-hybridized carbons (Fsp3) is 0.200. The first-order chi connectivity index (χ1) is 14.0. The Hall–Kier alpha value is -3.04. The molecular weight excluding hydrogens is 408 g/mol. The van der Waals surface area contributed by atoms with E-state index in [2.05, 4.69) is 21.3 Å². The number of rotatable bonds is 8. The van der Waals surface area contributed by atoms with Crippen LogP contribution in [0.3, 0.4) is 0 Å². The second kappa shape index (κ2) is 9.44. The second-order valence-electron chi connectivity index (χ2n) is 5.97. The van der Waals surface area contributed by atoms with Gasteiger partial charge in [0.15, 0.2) is 11.7 Å². The van der Waals surface area contributed by atoms with Gasteiger partial charge in [-0.3, -0.25) is 9.69 Å². The van der Waals surface area contributed by atoms with Gasteiger partial charge in [0.1, 0.15) is 10.6 Å². The molecule has 7 nitrogen and oxygen atoms in total. The molecule has 0 aliphatic carbocycles. The molecule has 0 bridgehead atoms. The van der Waals surface area contributed by atoms with Crippen LogP contribution in [0.25, 0.3) is 11.3 Å². The van der Waals surface area contributed by atoms with Crippen LogP contribution >= 0.6 is 22.9 Å². The smallest absolute Gasteiger partial charge is 0.343 e. The summed E-state index contributed by atoms with van der Waals surface area (Å²) in [6.07, 6.45) is 1.61. The highest BCUT2D eigenvalue weighted by molar-refractivity contribution is 7.14. The topological polar surface area (TPSA) is 84.4 Å². The van der Waals surface area contributed by atoms with Gasteiger partial charge < -0.3 is 10.1 Å². The number of nitrogens with zero attached hydrogens (tertiary/aromatic N) is 3. The lowest BCUT2D eigenvalue weighted by Gasteiger charge is -2.18. The van der Waals surface area contributed by atoms with E-state index in [1.807, 2.05) is 35.7 Å². The monoisotopic (exact) mass is 428 g/mol. The molecule has 1 aromatic carbocycles. The number of amides is 1. The number of aromatic nitrogens is 2. The van der Waals surface area contributed by atoms with Crippen LogP contribution in [-0.4, -0.2) is 41.4 Å². The highest BCUT2D eigenvalue weighted by Crippen LogP contribution is 2.28. The number of thiazole rings is 1. The summed E-state index contributed by atoms with van der Waals surface area (Å²) >= 11 is 2.52. The zero-order chi connectivity index (χ0) is 20.8. The molecule has 150 valence electrons. The maximum Gasteiger partial charge on any atom is 0.343 e. The molecule has 2 heterocycles. The van der Waals surface area contributed by atoms with Gasteiger partial charge in [0.25, 0.3) is 5.91 Å². The van der Waals surface area contributed by atoms with Crippen LogP contribution in [-0.2, 0) is 9.53 Å². The van der Waals surface area contributed by atoms with E-state index < -0.39 is 12.6 Å². The Morgan fingerprint density at radius 3 is 2.76 bits per heavy atom. The fourth-order valence-corrected chi connectivity index (χ4v) is 4.20. The zero-order valence-electron chi connectivity index (χ0n) is 16.0. The Morgan fingerprint density at radius 1 is 1.31 bits per heavy atom. The van der Waals surface area contributed by atoms with Gasteiger partial charge in [0.05, 0.1) is 11.4 Å². The highest BCUT2D eigenvalue weighted by atomic mass is 32.1. The lowest BCUT2D eigenvalue weighted by atomic mass is 10.2. The van der Waals surface area contributed by atoms with Crippen LogP contribution in [0.15, 0.2) is 48.4 Å². The minimum absolute atomic E-state index is 0.263. The van der Waals surface area contributed by atoms with Crippen LogP contribution in [0, 0.1) is 6.92 Å². The molecule has 0 unspecified atom stereocenters. The van der Waals surface area contributed by atoms with E-state index in [1.165, 1.54) is 27.8 Å². The van der Waals surface area contributed by atoms with Crippen molar-refractivity contribution < 1.29 is 14.3 Å². The first kappa shape index (κ1) is 20.7. The first-order valence-electron chi connectivity index (χ1n) is 8.78. The number of benzene rings is 1. The number of ether oxygens (including phenoxy) is 1. The largest absolute Gasteiger partial charge is 0.452 e. The predicted octanol–water partition coefficient (Wildman–Crippen LogP) is 3.99. The van der Waals surface area contributed by atoms with Crippen LogP contribution in [0.5, 0.6) is 0 Å². The summed E-state index contributed by atoms with van der Waals surface area (Å²) in [6.45, 7) is 5.29. The minimum atomic E-state index is -0.586. The molecule has 0 spiro atoms. The van der Waals surface area contributed by atoms with Crippen molar-refractivity contribution >= 4 is 44.9 Å².